The lowest BCUT2D eigenvalue weighted by atomic mass is 10.3. The van der Waals surface area contributed by atoms with Crippen molar-refractivity contribution in [3.63, 3.8) is 0 Å². The van der Waals surface area contributed by atoms with Crippen LogP contribution in [0.3, 0.4) is 0 Å². The summed E-state index contributed by atoms with van der Waals surface area (Å²) in [6.45, 7) is 0.806. The molecule has 3 rings (SSSR count). The summed E-state index contributed by atoms with van der Waals surface area (Å²) < 4.78 is 1.69. The number of nitrogens with zero attached hydrogens (tertiary/aromatic N) is 1. The second kappa shape index (κ2) is 4.37. The minimum Gasteiger partial charge on any atom is -0.337 e. The van der Waals surface area contributed by atoms with E-state index in [-0.39, 0.29) is 6.03 Å². The Hall–Kier alpha value is -1.55. The number of thiophene rings is 1. The third-order valence-corrected chi connectivity index (χ3v) is 3.87. The van der Waals surface area contributed by atoms with Gasteiger partial charge in [0, 0.05) is 12.7 Å². The van der Waals surface area contributed by atoms with E-state index in [9.17, 15) is 4.79 Å². The van der Waals surface area contributed by atoms with Gasteiger partial charge in [0.15, 0.2) is 0 Å². The maximum absolute atomic E-state index is 12.0. The van der Waals surface area contributed by atoms with Gasteiger partial charge in [0.05, 0.1) is 10.6 Å². The molecule has 3 nitrogen and oxygen atoms in total. The zero-order chi connectivity index (χ0) is 11.7. The van der Waals surface area contributed by atoms with Crippen LogP contribution in [0.2, 0.25) is 0 Å². The van der Waals surface area contributed by atoms with E-state index in [1.165, 1.54) is 12.8 Å². The largest absolute Gasteiger partial charge is 0.337 e. The molecule has 0 atom stereocenters. The Balaban J connectivity index is 1.77. The Bertz CT molecular complexity index is 511. The zero-order valence-corrected chi connectivity index (χ0v) is 10.2. The van der Waals surface area contributed by atoms with E-state index >= 15 is 0 Å². The SMILES string of the molecule is O=C(NCC1CC1)n1cccc1-c1cccs1. The van der Waals surface area contributed by atoms with Crippen molar-refractivity contribution in [2.24, 2.45) is 5.92 Å². The first-order valence-corrected chi connectivity index (χ1v) is 6.72. The molecule has 1 fully saturated rings. The fraction of sp³-hybridized carbons (Fsp3) is 0.308. The van der Waals surface area contributed by atoms with E-state index in [0.29, 0.717) is 5.92 Å². The summed E-state index contributed by atoms with van der Waals surface area (Å²) in [5.41, 5.74) is 0.966. The molecule has 0 bridgehead atoms. The molecule has 0 unspecified atom stereocenters. The molecule has 0 radical (unpaired) electrons. The molecule has 4 heteroatoms. The van der Waals surface area contributed by atoms with Gasteiger partial charge in [-0.25, -0.2) is 4.79 Å². The molecule has 88 valence electrons. The van der Waals surface area contributed by atoms with Crippen molar-refractivity contribution in [2.75, 3.05) is 6.54 Å². The van der Waals surface area contributed by atoms with E-state index < -0.39 is 0 Å². The summed E-state index contributed by atoms with van der Waals surface area (Å²) in [4.78, 5) is 13.1. The van der Waals surface area contributed by atoms with Crippen LogP contribution in [0.5, 0.6) is 0 Å². The van der Waals surface area contributed by atoms with Crippen LogP contribution in [0.25, 0.3) is 10.6 Å². The van der Waals surface area contributed by atoms with Gasteiger partial charge in [-0.1, -0.05) is 6.07 Å². The fourth-order valence-electron chi connectivity index (χ4n) is 1.82. The normalized spacial score (nSPS) is 14.8. The molecular weight excluding hydrogens is 232 g/mol. The van der Waals surface area contributed by atoms with Gasteiger partial charge in [-0.3, -0.25) is 4.57 Å². The van der Waals surface area contributed by atoms with Crippen molar-refractivity contribution >= 4 is 17.4 Å². The number of hydrogen-bond acceptors (Lipinski definition) is 2. The number of carbonyl (C=O) groups is 1. The van der Waals surface area contributed by atoms with E-state index in [0.717, 1.165) is 17.1 Å². The molecule has 1 aliphatic carbocycles. The van der Waals surface area contributed by atoms with Crippen LogP contribution in [0.15, 0.2) is 35.8 Å². The van der Waals surface area contributed by atoms with Crippen molar-refractivity contribution in [1.29, 1.82) is 0 Å². The second-order valence-electron chi connectivity index (χ2n) is 4.37. The summed E-state index contributed by atoms with van der Waals surface area (Å²) in [6, 6.07) is 7.89. The highest BCUT2D eigenvalue weighted by Crippen LogP contribution is 2.28. The standard InChI is InChI=1S/C13H14N2OS/c16-13(14-9-10-5-6-10)15-7-1-3-11(15)12-4-2-8-17-12/h1-4,7-8,10H,5-6,9H2,(H,14,16). The quantitative estimate of drug-likeness (QED) is 0.886. The smallest absolute Gasteiger partial charge is 0.326 e. The Morgan fingerprint density at radius 2 is 2.29 bits per heavy atom. The molecule has 1 amide bonds. The molecule has 1 saturated carbocycles. The Labute approximate surface area is 104 Å². The van der Waals surface area contributed by atoms with Crippen molar-refractivity contribution in [2.45, 2.75) is 12.8 Å². The number of hydrogen-bond donors (Lipinski definition) is 1. The first kappa shape index (κ1) is 10.6. The average Bonchev–Trinajstić information content (AvgIpc) is 2.84. The molecular formula is C13H14N2OS. The van der Waals surface area contributed by atoms with Crippen LogP contribution in [0.4, 0.5) is 4.79 Å². The van der Waals surface area contributed by atoms with E-state index in [1.807, 2.05) is 35.8 Å². The van der Waals surface area contributed by atoms with Gasteiger partial charge in [-0.2, -0.15) is 0 Å². The molecule has 0 saturated heterocycles. The number of carbonyl (C=O) groups excluding carboxylic acids is 1. The molecule has 17 heavy (non-hydrogen) atoms. The van der Waals surface area contributed by atoms with E-state index in [4.69, 9.17) is 0 Å². The molecule has 2 heterocycles. The average molecular weight is 246 g/mol. The predicted octanol–water partition coefficient (Wildman–Crippen LogP) is 3.18. The zero-order valence-electron chi connectivity index (χ0n) is 9.43. The number of nitrogens with one attached hydrogen (secondary N) is 1. The molecule has 2 aromatic heterocycles. The van der Waals surface area contributed by atoms with Crippen LogP contribution in [-0.4, -0.2) is 17.1 Å². The lowest BCUT2D eigenvalue weighted by Gasteiger charge is -2.08. The predicted molar refractivity (Wildman–Crippen MR) is 69.3 cm³/mol. The van der Waals surface area contributed by atoms with Crippen LogP contribution in [-0.2, 0) is 0 Å². The molecule has 0 aromatic carbocycles. The number of amides is 1. The summed E-state index contributed by atoms with van der Waals surface area (Å²) in [5, 5.41) is 5.00. The van der Waals surface area contributed by atoms with Crippen molar-refractivity contribution in [3.05, 3.63) is 35.8 Å². The highest BCUT2D eigenvalue weighted by atomic mass is 32.1. The maximum Gasteiger partial charge on any atom is 0.326 e. The van der Waals surface area contributed by atoms with E-state index in [1.54, 1.807) is 15.9 Å². The van der Waals surface area contributed by atoms with Crippen molar-refractivity contribution < 1.29 is 4.79 Å². The van der Waals surface area contributed by atoms with Crippen LogP contribution in [0.1, 0.15) is 12.8 Å². The van der Waals surface area contributed by atoms with Gasteiger partial charge in [0.1, 0.15) is 0 Å². The van der Waals surface area contributed by atoms with Gasteiger partial charge < -0.3 is 5.32 Å². The molecule has 0 spiro atoms. The highest BCUT2D eigenvalue weighted by Gasteiger charge is 2.22. The van der Waals surface area contributed by atoms with Gasteiger partial charge in [0.25, 0.3) is 0 Å². The van der Waals surface area contributed by atoms with Gasteiger partial charge in [-0.05, 0) is 42.3 Å². The van der Waals surface area contributed by atoms with E-state index in [2.05, 4.69) is 5.32 Å². The number of aromatic nitrogens is 1. The molecule has 0 aliphatic heterocycles. The summed E-state index contributed by atoms with van der Waals surface area (Å²) in [5.74, 6) is 0.708. The van der Waals surface area contributed by atoms with Crippen molar-refractivity contribution in [3.8, 4) is 10.6 Å². The minimum atomic E-state index is -0.0229. The maximum atomic E-state index is 12.0. The number of rotatable bonds is 3. The van der Waals surface area contributed by atoms with Gasteiger partial charge in [-0.15, -0.1) is 11.3 Å². The van der Waals surface area contributed by atoms with Gasteiger partial charge >= 0.3 is 6.03 Å². The first-order valence-electron chi connectivity index (χ1n) is 5.84. The fourth-order valence-corrected chi connectivity index (χ4v) is 2.57. The molecule has 1 aliphatic rings. The molecule has 1 N–H and O–H groups in total. The summed E-state index contributed by atoms with van der Waals surface area (Å²) >= 11 is 1.65. The van der Waals surface area contributed by atoms with Crippen molar-refractivity contribution in [1.82, 2.24) is 9.88 Å². The molecule has 2 aromatic rings. The minimum absolute atomic E-state index is 0.0229. The third-order valence-electron chi connectivity index (χ3n) is 2.98. The lowest BCUT2D eigenvalue weighted by Crippen LogP contribution is -2.30. The van der Waals surface area contributed by atoms with Gasteiger partial charge in [0.2, 0.25) is 0 Å². The third kappa shape index (κ3) is 2.26. The summed E-state index contributed by atoms with van der Waals surface area (Å²) in [6.07, 6.45) is 4.32. The first-order chi connectivity index (χ1) is 8.34. The van der Waals surface area contributed by atoms with Crippen LogP contribution < -0.4 is 5.32 Å². The van der Waals surface area contributed by atoms with Crippen LogP contribution in [0, 0.1) is 5.92 Å². The van der Waals surface area contributed by atoms with Crippen LogP contribution >= 0.6 is 11.3 Å². The Kier molecular flexibility index (Phi) is 2.73. The lowest BCUT2D eigenvalue weighted by molar-refractivity contribution is 0.242. The monoisotopic (exact) mass is 246 g/mol. The Morgan fingerprint density at radius 3 is 3.00 bits per heavy atom. The second-order valence-corrected chi connectivity index (χ2v) is 5.32. The summed E-state index contributed by atoms with van der Waals surface area (Å²) in [7, 11) is 0. The Morgan fingerprint density at radius 1 is 1.41 bits per heavy atom. The highest BCUT2D eigenvalue weighted by molar-refractivity contribution is 7.13. The topological polar surface area (TPSA) is 34.0 Å².